The molecular weight excluding hydrogens is 1160 g/mol. The average molecular weight is 1280 g/mol. The lowest BCUT2D eigenvalue weighted by Crippen LogP contribution is -2.69. The highest BCUT2D eigenvalue weighted by atomic mass is 16.8. The van der Waals surface area contributed by atoms with Crippen molar-refractivity contribution in [2.45, 2.75) is 348 Å². The number of amides is 2. The smallest absolute Gasteiger partial charge is 0.220 e. The molecule has 4 aliphatic rings. The van der Waals surface area contributed by atoms with Crippen molar-refractivity contribution in [2.24, 2.45) is 0 Å². The van der Waals surface area contributed by atoms with Gasteiger partial charge in [0.15, 0.2) is 25.2 Å². The first-order valence-corrected chi connectivity index (χ1v) is 33.9. The van der Waals surface area contributed by atoms with E-state index in [-0.39, 0.29) is 12.3 Å². The zero-order chi connectivity index (χ0) is 65.1. The Morgan fingerprint density at radius 3 is 1.28 bits per heavy atom. The number of hydrogen-bond donors (Lipinski definition) is 15. The van der Waals surface area contributed by atoms with E-state index in [0.717, 1.165) is 51.9 Å². The van der Waals surface area contributed by atoms with E-state index in [1.165, 1.54) is 128 Å². The molecule has 0 spiro atoms. The summed E-state index contributed by atoms with van der Waals surface area (Å²) in [7, 11) is 0. The molecule has 0 aromatic rings. The van der Waals surface area contributed by atoms with Crippen molar-refractivity contribution in [3.63, 3.8) is 0 Å². The SMILES string of the molecule is CCCCCCCCCCCCC/C=C/[C@@H](O)[C@H](CO[C@@H]1OC(CO)[C@@H](O[C@@H]2OC(CO)[C@H](O[C@@H]3OC(CO)[C@H](O)[C@H](O[C@@H]4OC(CO)[C@H](O)[C@H](O)C4NC(C)=O)C3O)[C@H](O)C2O)[C@H](O)C1O)NC(=O)CCCCCCCCCCCCCCCCCCC. The number of carbonyl (C=O) groups excluding carboxylic acids is 2. The van der Waals surface area contributed by atoms with Crippen molar-refractivity contribution < 1.29 is 114 Å². The number of nitrogens with one attached hydrogen (secondary N) is 2. The first-order valence-electron chi connectivity index (χ1n) is 33.9. The molecule has 0 bridgehead atoms. The van der Waals surface area contributed by atoms with Crippen LogP contribution in [0, 0.1) is 0 Å². The quantitative estimate of drug-likeness (QED) is 0.0307. The van der Waals surface area contributed by atoms with E-state index in [0.29, 0.717) is 12.8 Å². The van der Waals surface area contributed by atoms with Crippen molar-refractivity contribution in [3.05, 3.63) is 12.2 Å². The molecule has 25 nitrogen and oxygen atoms in total. The molecular formula is C64H118N2O23. The molecule has 8 unspecified atom stereocenters. The van der Waals surface area contributed by atoms with Gasteiger partial charge < -0.3 is 115 Å². The third kappa shape index (κ3) is 27.2. The van der Waals surface area contributed by atoms with Crippen LogP contribution in [0.25, 0.3) is 0 Å². The highest BCUT2D eigenvalue weighted by Gasteiger charge is 2.56. The molecule has 0 radical (unpaired) electrons. The summed E-state index contributed by atoms with van der Waals surface area (Å²) in [6, 6.07) is -2.53. The van der Waals surface area contributed by atoms with E-state index < -0.39 is 174 Å². The van der Waals surface area contributed by atoms with Crippen molar-refractivity contribution in [1.82, 2.24) is 10.6 Å². The zero-order valence-corrected chi connectivity index (χ0v) is 53.5. The van der Waals surface area contributed by atoms with E-state index in [9.17, 15) is 76.0 Å². The van der Waals surface area contributed by atoms with Crippen LogP contribution in [0.2, 0.25) is 0 Å². The van der Waals surface area contributed by atoms with Crippen LogP contribution >= 0.6 is 0 Å². The second kappa shape index (κ2) is 45.3. The Labute approximate surface area is 528 Å². The van der Waals surface area contributed by atoms with Crippen molar-refractivity contribution in [2.75, 3.05) is 33.0 Å². The monoisotopic (exact) mass is 1280 g/mol. The van der Waals surface area contributed by atoms with E-state index in [2.05, 4.69) is 24.5 Å². The standard InChI is InChI=1S/C64H118N2O23/c1-4-6-8-10-12-14-16-18-19-20-21-23-25-27-29-31-33-35-48(73)66-42(43(72)34-32-30-28-26-24-22-17-15-13-11-9-7-5-2)40-82-62-55(79)53(77)58(46(38-69)85-62)87-63-56(80)54(78)59(47(39-70)86-63)88-64-57(81)60(51(75)45(37-68)84-64)89-61-49(65-41(3)71)52(76)50(74)44(36-67)83-61/h32,34,42-47,49-64,67-70,72,74-81H,4-31,33,35-40H2,1-3H3,(H,65,71)(H,66,73)/b34-32+/t42-,43+,44?,45?,46?,47?,49?,50-,51-,52+,53+,54+,55?,56?,57?,58+,59-,60-,61-,62+,63-,64-/m0/s1. The van der Waals surface area contributed by atoms with Gasteiger partial charge >= 0.3 is 0 Å². The van der Waals surface area contributed by atoms with E-state index in [1.807, 2.05) is 6.08 Å². The Morgan fingerprint density at radius 2 is 0.820 bits per heavy atom. The maximum Gasteiger partial charge on any atom is 0.220 e. The number of unbranched alkanes of at least 4 members (excludes halogenated alkanes) is 27. The van der Waals surface area contributed by atoms with Crippen LogP contribution in [-0.2, 0) is 47.5 Å². The molecule has 0 aliphatic carbocycles. The van der Waals surface area contributed by atoms with Gasteiger partial charge in [0, 0.05) is 13.3 Å². The molecule has 0 aromatic carbocycles. The number of aliphatic hydroxyl groups excluding tert-OH is 13. The minimum Gasteiger partial charge on any atom is -0.394 e. The fourth-order valence-corrected chi connectivity index (χ4v) is 12.1. The van der Waals surface area contributed by atoms with Crippen LogP contribution in [0.5, 0.6) is 0 Å². The van der Waals surface area contributed by atoms with Crippen LogP contribution < -0.4 is 10.6 Å². The van der Waals surface area contributed by atoms with Gasteiger partial charge in [-0.05, 0) is 19.3 Å². The van der Waals surface area contributed by atoms with E-state index in [1.54, 1.807) is 6.08 Å². The number of ether oxygens (including phenoxy) is 8. The molecule has 4 heterocycles. The molecule has 89 heavy (non-hydrogen) atoms. The van der Waals surface area contributed by atoms with Gasteiger partial charge in [-0.15, -0.1) is 0 Å². The first-order chi connectivity index (χ1) is 43.0. The normalized spacial score (nSPS) is 33.3. The molecule has 25 heteroatoms. The number of aliphatic hydroxyl groups is 13. The molecule has 0 saturated carbocycles. The third-order valence-electron chi connectivity index (χ3n) is 17.6. The Hall–Kier alpha value is -2.16. The molecule has 4 saturated heterocycles. The number of carbonyl (C=O) groups is 2. The van der Waals surface area contributed by atoms with E-state index in [4.69, 9.17) is 37.9 Å². The highest BCUT2D eigenvalue weighted by molar-refractivity contribution is 5.76. The number of rotatable bonds is 47. The van der Waals surface area contributed by atoms with Crippen molar-refractivity contribution in [1.29, 1.82) is 0 Å². The topological polar surface area (TPSA) is 395 Å². The van der Waals surface area contributed by atoms with Gasteiger partial charge in [0.2, 0.25) is 11.8 Å². The predicted octanol–water partition coefficient (Wildman–Crippen LogP) is 2.56. The minimum atomic E-state index is -2.09. The summed E-state index contributed by atoms with van der Waals surface area (Å²) < 4.78 is 46.4. The molecule has 4 aliphatic heterocycles. The van der Waals surface area contributed by atoms with Crippen LogP contribution in [0.4, 0.5) is 0 Å². The maximum atomic E-state index is 13.4. The van der Waals surface area contributed by atoms with Crippen molar-refractivity contribution >= 4 is 11.8 Å². The van der Waals surface area contributed by atoms with Crippen LogP contribution in [0.1, 0.15) is 213 Å². The van der Waals surface area contributed by atoms with Gasteiger partial charge in [-0.1, -0.05) is 193 Å². The number of allylic oxidation sites excluding steroid dienone is 1. The third-order valence-corrected chi connectivity index (χ3v) is 17.6. The summed E-state index contributed by atoms with van der Waals surface area (Å²) in [5.41, 5.74) is 0. The molecule has 2 amide bonds. The molecule has 15 N–H and O–H groups in total. The molecule has 4 rings (SSSR count). The van der Waals surface area contributed by atoms with Gasteiger partial charge in [-0.3, -0.25) is 9.59 Å². The Morgan fingerprint density at radius 1 is 0.438 bits per heavy atom. The summed E-state index contributed by atoms with van der Waals surface area (Å²) >= 11 is 0. The highest BCUT2D eigenvalue weighted by Crippen LogP contribution is 2.35. The fraction of sp³-hybridized carbons (Fsp3) is 0.938. The molecule has 4 fully saturated rings. The molecule has 22 atom stereocenters. The fourth-order valence-electron chi connectivity index (χ4n) is 12.1. The van der Waals surface area contributed by atoms with Gasteiger partial charge in [-0.25, -0.2) is 0 Å². The van der Waals surface area contributed by atoms with Gasteiger partial charge in [-0.2, -0.15) is 0 Å². The Balaban J connectivity index is 1.32. The largest absolute Gasteiger partial charge is 0.394 e. The lowest BCUT2D eigenvalue weighted by Gasteiger charge is -2.49. The van der Waals surface area contributed by atoms with Crippen molar-refractivity contribution in [3.8, 4) is 0 Å². The summed E-state index contributed by atoms with van der Waals surface area (Å²) in [5.74, 6) is -1.00. The predicted molar refractivity (Wildman–Crippen MR) is 326 cm³/mol. The summed E-state index contributed by atoms with van der Waals surface area (Å²) in [4.78, 5) is 25.5. The van der Waals surface area contributed by atoms with Crippen LogP contribution in [0.15, 0.2) is 12.2 Å². The van der Waals surface area contributed by atoms with E-state index >= 15 is 0 Å². The zero-order valence-electron chi connectivity index (χ0n) is 53.5. The summed E-state index contributed by atoms with van der Waals surface area (Å²) in [5, 5.41) is 147. The number of hydrogen-bond acceptors (Lipinski definition) is 23. The van der Waals surface area contributed by atoms with Crippen LogP contribution in [-0.4, -0.2) is 246 Å². The minimum absolute atomic E-state index is 0.218. The molecule has 522 valence electrons. The van der Waals surface area contributed by atoms with Gasteiger partial charge in [0.25, 0.3) is 0 Å². The first kappa shape index (κ1) is 79.3. The van der Waals surface area contributed by atoms with Crippen LogP contribution in [0.3, 0.4) is 0 Å². The second-order valence-corrected chi connectivity index (χ2v) is 25.0. The summed E-state index contributed by atoms with van der Waals surface area (Å²) in [6.07, 6.45) is 2.79. The average Bonchev–Trinajstić information content (AvgIpc) is 1.31. The summed E-state index contributed by atoms with van der Waals surface area (Å²) in [6.45, 7) is 1.63. The second-order valence-electron chi connectivity index (χ2n) is 25.0. The van der Waals surface area contributed by atoms with Gasteiger partial charge in [0.05, 0.1) is 45.2 Å². The lowest BCUT2D eigenvalue weighted by molar-refractivity contribution is -0.386. The lowest BCUT2D eigenvalue weighted by atomic mass is 9.95. The molecule has 0 aromatic heterocycles. The Bertz CT molecular complexity index is 1860. The Kier molecular flexibility index (Phi) is 40.3. The maximum absolute atomic E-state index is 13.4. The van der Waals surface area contributed by atoms with Gasteiger partial charge in [0.1, 0.15) is 97.6 Å².